The molecule has 0 saturated carbocycles. The van der Waals surface area contributed by atoms with Crippen molar-refractivity contribution in [2.24, 2.45) is 0 Å². The number of H-pyrrole nitrogens is 4. The number of aryl methyl sites for hydroxylation is 8. The van der Waals surface area contributed by atoms with Crippen LogP contribution in [0.1, 0.15) is 55.6 Å². The molecule has 15 aromatic rings. The number of nitrogens with one attached hydrogen (secondary N) is 4. The van der Waals surface area contributed by atoms with Crippen molar-refractivity contribution < 1.29 is 173 Å². The van der Waals surface area contributed by atoms with Crippen LogP contribution in [0.2, 0.25) is 0 Å². The Bertz CT molecular complexity index is 6510. The van der Waals surface area contributed by atoms with Crippen LogP contribution >= 0.6 is 0 Å². The van der Waals surface area contributed by atoms with Crippen LogP contribution in [0.4, 0.5) is 0 Å². The summed E-state index contributed by atoms with van der Waals surface area (Å²) in [7, 11) is 0. The SMILES string of the molecule is Cc1ccc(Oc2cc(C)cc3c2C=[C-]C3)c(OCCn2ccc(=O)[nH]c2=O)c1.Cc1ccc(Oc2cc(C)cc3c[c-]ccc23)c(OCCn2ccc(=O)[nH]c2=O)c1.Cc1ccc(Oc2cc(C)cc3o[c-]cc23)c(OCCn2ccc(=O)[nH]c2=O)c1.Cc1ccc(Oc2cc(C)cn3c[c-]cc23)c(OCCn2ccc(=O)[nH]c2=O)c1.[Y].[Y].[Y].[Y]. The van der Waals surface area contributed by atoms with Crippen LogP contribution in [0.15, 0.2) is 250 Å². The number of pyridine rings is 1. The van der Waals surface area contributed by atoms with Crippen molar-refractivity contribution >= 4 is 33.3 Å². The first-order chi connectivity index (χ1) is 56.5. The maximum Gasteiger partial charge on any atom is 0.328 e. The first kappa shape index (κ1) is 94.4. The molecule has 8 aromatic carbocycles. The van der Waals surface area contributed by atoms with Crippen molar-refractivity contribution in [3.63, 3.8) is 0 Å². The number of hydrogen-bond acceptors (Lipinski definition) is 17. The number of hydrogen-bond donors (Lipinski definition) is 4. The predicted octanol–water partition coefficient (Wildman–Crippen LogP) is 14.0. The smallest absolute Gasteiger partial charge is 0.328 e. The van der Waals surface area contributed by atoms with Gasteiger partial charge in [0.1, 0.15) is 32.2 Å². The molecule has 0 bridgehead atoms. The van der Waals surface area contributed by atoms with Crippen molar-refractivity contribution in [2.75, 3.05) is 26.4 Å². The molecule has 30 heteroatoms. The maximum atomic E-state index is 11.8. The minimum absolute atomic E-state index is 0. The summed E-state index contributed by atoms with van der Waals surface area (Å²) in [6, 6.07) is 57.7. The Kier molecular flexibility index (Phi) is 34.7. The van der Waals surface area contributed by atoms with Gasteiger partial charge in [-0.15, -0.1) is 41.3 Å². The van der Waals surface area contributed by atoms with Crippen LogP contribution < -0.4 is 82.9 Å². The molecule has 26 nitrogen and oxygen atoms in total. The van der Waals surface area contributed by atoms with E-state index in [-0.39, 0.29) is 164 Å². The average molecular weight is 1930 g/mol. The molecule has 1 aliphatic rings. The van der Waals surface area contributed by atoms with E-state index < -0.39 is 45.0 Å². The van der Waals surface area contributed by atoms with E-state index in [1.807, 2.05) is 206 Å². The number of nitrogens with zero attached hydrogens (tertiary/aromatic N) is 5. The number of rotatable bonds is 24. The number of furan rings is 1. The van der Waals surface area contributed by atoms with Crippen molar-refractivity contribution in [3.8, 4) is 69.0 Å². The minimum atomic E-state index is -0.472. The maximum absolute atomic E-state index is 11.8. The van der Waals surface area contributed by atoms with Gasteiger partial charge in [0.15, 0.2) is 46.0 Å². The summed E-state index contributed by atoms with van der Waals surface area (Å²) in [5.41, 5.74) is 8.69. The molecule has 608 valence electrons. The third-order valence-electron chi connectivity index (χ3n) is 18.3. The quantitative estimate of drug-likeness (QED) is 0.0409. The van der Waals surface area contributed by atoms with Gasteiger partial charge in [-0.2, -0.15) is 24.3 Å². The molecule has 0 unspecified atom stereocenters. The Labute approximate surface area is 794 Å². The van der Waals surface area contributed by atoms with Gasteiger partial charge >= 0.3 is 22.8 Å². The van der Waals surface area contributed by atoms with Gasteiger partial charge in [-0.25, -0.2) is 37.4 Å². The Hall–Kier alpha value is -10.4. The monoisotopic (exact) mass is 1930 g/mol. The average Bonchev–Trinajstić information content (AvgIpc) is 1.61. The number of aromatic nitrogens is 9. The van der Waals surface area contributed by atoms with E-state index in [2.05, 4.69) is 56.5 Å². The van der Waals surface area contributed by atoms with Gasteiger partial charge in [0.25, 0.3) is 22.2 Å². The van der Waals surface area contributed by atoms with Gasteiger partial charge in [0.05, 0.1) is 43.4 Å². The normalized spacial score (nSPS) is 10.8. The number of ether oxygens (including phenoxy) is 8. The first-order valence-electron chi connectivity index (χ1n) is 37.3. The number of fused-ring (bicyclic) bond motifs is 4. The molecular weight excluding hydrogens is 1850 g/mol. The van der Waals surface area contributed by atoms with E-state index in [0.29, 0.717) is 82.7 Å². The van der Waals surface area contributed by atoms with E-state index in [4.69, 9.17) is 42.3 Å². The summed E-state index contributed by atoms with van der Waals surface area (Å²) in [5.74, 6) is 7.53. The van der Waals surface area contributed by atoms with E-state index in [1.54, 1.807) is 6.07 Å². The molecule has 0 spiro atoms. The fraction of sp³-hybridized carbons (Fsp3) is 0.187. The zero-order valence-corrected chi connectivity index (χ0v) is 78.9. The molecule has 4 N–H and O–H groups in total. The molecular formula is C91H81N9O17Y4-4. The largest absolute Gasteiger partial charge is 0.591 e. The zero-order valence-electron chi connectivity index (χ0n) is 67.6. The van der Waals surface area contributed by atoms with Crippen LogP contribution in [0.25, 0.3) is 33.3 Å². The van der Waals surface area contributed by atoms with E-state index in [9.17, 15) is 38.4 Å². The number of benzene rings is 8. The van der Waals surface area contributed by atoms with Gasteiger partial charge in [-0.3, -0.25) is 63.5 Å². The fourth-order valence-electron chi connectivity index (χ4n) is 12.6. The second-order valence-electron chi connectivity index (χ2n) is 27.7. The predicted molar refractivity (Wildman–Crippen MR) is 443 cm³/mol. The Balaban J connectivity index is 0.000000181. The Morgan fingerprint density at radius 1 is 0.364 bits per heavy atom. The molecule has 0 aliphatic heterocycles. The van der Waals surface area contributed by atoms with Crippen LogP contribution in [-0.2, 0) is 163 Å². The van der Waals surface area contributed by atoms with Crippen molar-refractivity contribution in [3.05, 3.63) is 370 Å². The van der Waals surface area contributed by atoms with Gasteiger partial charge in [0.2, 0.25) is 0 Å². The third kappa shape index (κ3) is 25.6. The summed E-state index contributed by atoms with van der Waals surface area (Å²) >= 11 is 0. The van der Waals surface area contributed by atoms with Crippen LogP contribution in [0.5, 0.6) is 69.0 Å². The first-order valence-corrected chi connectivity index (χ1v) is 37.3. The molecule has 4 radical (unpaired) electrons. The zero-order chi connectivity index (χ0) is 82.2. The van der Waals surface area contributed by atoms with Crippen molar-refractivity contribution in [2.45, 2.75) is 88.0 Å². The third-order valence-corrected chi connectivity index (χ3v) is 18.3. The fourth-order valence-corrected chi connectivity index (χ4v) is 12.6. The molecule has 121 heavy (non-hydrogen) atoms. The van der Waals surface area contributed by atoms with Crippen molar-refractivity contribution in [1.29, 1.82) is 0 Å². The molecule has 0 fully saturated rings. The topological polar surface area (TPSA) is 311 Å². The molecule has 1 aliphatic carbocycles. The van der Waals surface area contributed by atoms with E-state index >= 15 is 0 Å². The van der Waals surface area contributed by atoms with E-state index in [1.165, 1.54) is 72.9 Å². The van der Waals surface area contributed by atoms with Crippen molar-refractivity contribution in [1.82, 2.24) is 42.6 Å². The summed E-state index contributed by atoms with van der Waals surface area (Å²) < 4.78 is 61.3. The number of aromatic amines is 4. The molecule has 16 rings (SSSR count). The molecule has 7 aromatic heterocycles. The van der Waals surface area contributed by atoms with Gasteiger partial charge in [-0.05, 0) is 174 Å². The minimum Gasteiger partial charge on any atom is -0.591 e. The van der Waals surface area contributed by atoms with Crippen LogP contribution in [0.3, 0.4) is 0 Å². The summed E-state index contributed by atoms with van der Waals surface area (Å²) in [5, 5.41) is 2.87. The molecule has 0 amide bonds. The second kappa shape index (κ2) is 44.4. The molecule has 7 heterocycles. The van der Waals surface area contributed by atoms with Gasteiger partial charge < -0.3 is 46.7 Å². The summed E-state index contributed by atoms with van der Waals surface area (Å²) in [6.07, 6.45) is 18.4. The summed E-state index contributed by atoms with van der Waals surface area (Å²) in [4.78, 5) is 101. The molecule has 0 saturated heterocycles. The summed E-state index contributed by atoms with van der Waals surface area (Å²) in [6.45, 7) is 18.1. The van der Waals surface area contributed by atoms with E-state index in [0.717, 1.165) is 89.7 Å². The van der Waals surface area contributed by atoms with Crippen LogP contribution in [-0.4, -0.2) is 69.0 Å². The molecule has 0 atom stereocenters. The Morgan fingerprint density at radius 2 is 0.744 bits per heavy atom. The second-order valence-corrected chi connectivity index (χ2v) is 27.7. The van der Waals surface area contributed by atoms with Gasteiger partial charge in [-0.1, -0.05) is 69.4 Å². The van der Waals surface area contributed by atoms with Gasteiger partial charge in [0, 0.05) is 180 Å². The Morgan fingerprint density at radius 3 is 1.18 bits per heavy atom. The van der Waals surface area contributed by atoms with Crippen LogP contribution in [0, 0.1) is 79.9 Å². The number of allylic oxidation sites excluding steroid dienone is 1. The standard InChI is InChI=1S/C24H21N2O4.C23H21N2O4.C22H20N3O4.C22H19N2O5.4Y/c1-16-7-8-20(30-21-15-17(2)13-18-5-3-4-6-19(18)21)22(14-16)29-12-11-26-10-9-23(27)25-24(26)28;1-15-6-7-19(29-20-14-16(2)12-17-4-3-5-18(17)20)21(13-15)28-11-10-25-9-8-22(26)24-23(25)27;1-15-5-6-18(29-19-13-16(2)14-25-8-3-4-17(19)25)20(12-15)28-11-10-24-9-7-21(26)23-22(24)27;1-14-3-4-17(29-19-13-15(2)12-18-16(19)6-9-27-18)20(11-14)28-10-8-24-7-5-21(25)23-22(24)26;;;;/h4-10,13-15H,11-12H2,1-2H3,(H,25,27,28);5-9,12-14H,4,10-11H2,1-2H3,(H,24,26,27);4-9,12-14H,10-11H2,1-2H3,(H,23,26,27);3-7,11-13H,8,10H2,1-2H3,(H,23,25,26);;;;/q4*-1;;;;.